The number of rotatable bonds is 3. The van der Waals surface area contributed by atoms with Crippen LogP contribution in [0.1, 0.15) is 13.3 Å². The molecule has 0 aromatic heterocycles. The summed E-state index contributed by atoms with van der Waals surface area (Å²) in [5.41, 5.74) is 0. The van der Waals surface area contributed by atoms with E-state index in [0.29, 0.717) is 36.0 Å². The molecular weight excluding hydrogens is 238 g/mol. The Kier molecular flexibility index (Phi) is 3.64. The van der Waals surface area contributed by atoms with Gasteiger partial charge in [0.1, 0.15) is 18.5 Å². The van der Waals surface area contributed by atoms with Gasteiger partial charge >= 0.3 is 0 Å². The van der Waals surface area contributed by atoms with Crippen molar-refractivity contribution in [1.29, 1.82) is 5.26 Å². The van der Waals surface area contributed by atoms with Gasteiger partial charge < -0.3 is 9.47 Å². The summed E-state index contributed by atoms with van der Waals surface area (Å²) in [7, 11) is -1.32. The SMILES string of the molecule is CCC(C#N)S(=O)c1ccc2c(c1)OCCO2. The van der Waals surface area contributed by atoms with Crippen molar-refractivity contribution in [1.82, 2.24) is 0 Å². The first-order chi connectivity index (χ1) is 8.26. The Morgan fingerprint density at radius 1 is 1.41 bits per heavy atom. The summed E-state index contributed by atoms with van der Waals surface area (Å²) in [4.78, 5) is 0.614. The highest BCUT2D eigenvalue weighted by atomic mass is 32.2. The van der Waals surface area contributed by atoms with Gasteiger partial charge in [0, 0.05) is 11.0 Å². The summed E-state index contributed by atoms with van der Waals surface area (Å²) in [6, 6.07) is 7.22. The molecule has 0 bridgehead atoms. The number of ether oxygens (including phenoxy) is 2. The molecule has 0 saturated heterocycles. The van der Waals surface area contributed by atoms with Gasteiger partial charge in [0.05, 0.1) is 16.9 Å². The summed E-state index contributed by atoms with van der Waals surface area (Å²) in [6.45, 7) is 2.88. The second kappa shape index (κ2) is 5.19. The average Bonchev–Trinajstić information content (AvgIpc) is 2.39. The van der Waals surface area contributed by atoms with Crippen molar-refractivity contribution < 1.29 is 13.7 Å². The Morgan fingerprint density at radius 3 is 2.76 bits per heavy atom. The summed E-state index contributed by atoms with van der Waals surface area (Å²) in [5, 5.41) is 8.42. The zero-order valence-corrected chi connectivity index (χ0v) is 10.3. The average molecular weight is 251 g/mol. The lowest BCUT2D eigenvalue weighted by atomic mass is 10.3. The molecule has 0 radical (unpaired) electrons. The monoisotopic (exact) mass is 251 g/mol. The van der Waals surface area contributed by atoms with Gasteiger partial charge in [-0.15, -0.1) is 0 Å². The minimum Gasteiger partial charge on any atom is -0.486 e. The third-order valence-corrected chi connectivity index (χ3v) is 4.19. The van der Waals surface area contributed by atoms with Crippen molar-refractivity contribution in [3.63, 3.8) is 0 Å². The Morgan fingerprint density at radius 2 is 2.12 bits per heavy atom. The van der Waals surface area contributed by atoms with E-state index in [1.54, 1.807) is 18.2 Å². The number of nitriles is 1. The highest BCUT2D eigenvalue weighted by Gasteiger charge is 2.19. The molecule has 0 fully saturated rings. The predicted octanol–water partition coefficient (Wildman–Crippen LogP) is 1.87. The molecule has 90 valence electrons. The quantitative estimate of drug-likeness (QED) is 0.822. The van der Waals surface area contributed by atoms with Crippen molar-refractivity contribution in [2.45, 2.75) is 23.5 Å². The topological polar surface area (TPSA) is 59.3 Å². The van der Waals surface area contributed by atoms with Gasteiger partial charge in [0.15, 0.2) is 11.5 Å². The van der Waals surface area contributed by atoms with Gasteiger partial charge in [-0.2, -0.15) is 5.26 Å². The highest BCUT2D eigenvalue weighted by Crippen LogP contribution is 2.32. The Bertz CT molecular complexity index is 481. The van der Waals surface area contributed by atoms with Crippen LogP contribution in [0, 0.1) is 11.3 Å². The van der Waals surface area contributed by atoms with Crippen LogP contribution in [0.2, 0.25) is 0 Å². The first kappa shape index (κ1) is 11.9. The lowest BCUT2D eigenvalue weighted by Gasteiger charge is -2.19. The molecule has 0 spiro atoms. The molecule has 17 heavy (non-hydrogen) atoms. The fourth-order valence-corrected chi connectivity index (χ4v) is 2.76. The molecule has 5 heteroatoms. The molecule has 1 aliphatic heterocycles. The van der Waals surface area contributed by atoms with Crippen LogP contribution in [0.25, 0.3) is 0 Å². The summed E-state index contributed by atoms with van der Waals surface area (Å²) in [5.74, 6) is 1.27. The van der Waals surface area contributed by atoms with Crippen molar-refractivity contribution in [3.8, 4) is 17.6 Å². The summed E-state index contributed by atoms with van der Waals surface area (Å²) in [6.07, 6.45) is 0.567. The lowest BCUT2D eigenvalue weighted by molar-refractivity contribution is 0.171. The van der Waals surface area contributed by atoms with E-state index >= 15 is 0 Å². The maximum atomic E-state index is 12.1. The standard InChI is InChI=1S/C12H13NO3S/c1-2-9(8-13)17(14)10-3-4-11-12(7-10)16-6-5-15-11/h3-4,7,9H,2,5-6H2,1H3. The summed E-state index contributed by atoms with van der Waals surface area (Å²) >= 11 is 0. The van der Waals surface area contributed by atoms with E-state index in [1.165, 1.54) is 0 Å². The van der Waals surface area contributed by atoms with Crippen LogP contribution in [0.3, 0.4) is 0 Å². The highest BCUT2D eigenvalue weighted by molar-refractivity contribution is 7.86. The second-order valence-electron chi connectivity index (χ2n) is 3.63. The van der Waals surface area contributed by atoms with Gasteiger partial charge in [-0.1, -0.05) is 6.92 Å². The van der Waals surface area contributed by atoms with Crippen LogP contribution in [0.5, 0.6) is 11.5 Å². The number of benzene rings is 1. The maximum absolute atomic E-state index is 12.1. The van der Waals surface area contributed by atoms with Gasteiger partial charge in [0.25, 0.3) is 0 Å². The fourth-order valence-electron chi connectivity index (χ4n) is 1.60. The Labute approximate surface area is 103 Å². The molecule has 2 atom stereocenters. The normalized spacial score (nSPS) is 16.9. The van der Waals surface area contributed by atoms with E-state index in [-0.39, 0.29) is 0 Å². The zero-order chi connectivity index (χ0) is 12.3. The van der Waals surface area contributed by atoms with Gasteiger partial charge in [-0.05, 0) is 18.6 Å². The molecule has 1 aromatic rings. The van der Waals surface area contributed by atoms with Gasteiger partial charge in [-0.3, -0.25) is 4.21 Å². The largest absolute Gasteiger partial charge is 0.486 e. The van der Waals surface area contributed by atoms with Crippen molar-refractivity contribution in [3.05, 3.63) is 18.2 Å². The Hall–Kier alpha value is -1.54. The van der Waals surface area contributed by atoms with Crippen LogP contribution >= 0.6 is 0 Å². The molecule has 1 aliphatic rings. The van der Waals surface area contributed by atoms with Crippen molar-refractivity contribution >= 4 is 10.8 Å². The molecule has 1 aromatic carbocycles. The zero-order valence-electron chi connectivity index (χ0n) is 9.51. The lowest BCUT2D eigenvalue weighted by Crippen LogP contribution is -2.16. The smallest absolute Gasteiger partial charge is 0.162 e. The van der Waals surface area contributed by atoms with Crippen LogP contribution in [-0.4, -0.2) is 22.7 Å². The summed E-state index contributed by atoms with van der Waals surface area (Å²) < 4.78 is 22.9. The number of hydrogen-bond donors (Lipinski definition) is 0. The molecule has 0 amide bonds. The first-order valence-corrected chi connectivity index (χ1v) is 6.67. The van der Waals surface area contributed by atoms with E-state index in [1.807, 2.05) is 6.92 Å². The minimum atomic E-state index is -1.32. The van der Waals surface area contributed by atoms with Crippen LogP contribution in [0.4, 0.5) is 0 Å². The molecule has 0 N–H and O–H groups in total. The van der Waals surface area contributed by atoms with E-state index in [9.17, 15) is 4.21 Å². The molecule has 1 heterocycles. The third-order valence-electron chi connectivity index (χ3n) is 2.52. The second-order valence-corrected chi connectivity index (χ2v) is 5.26. The molecule has 0 saturated carbocycles. The number of hydrogen-bond acceptors (Lipinski definition) is 4. The van der Waals surface area contributed by atoms with Crippen LogP contribution in [0.15, 0.2) is 23.1 Å². The Balaban J connectivity index is 2.28. The van der Waals surface area contributed by atoms with Crippen molar-refractivity contribution in [2.24, 2.45) is 0 Å². The molecule has 2 rings (SSSR count). The van der Waals surface area contributed by atoms with Crippen LogP contribution in [-0.2, 0) is 10.8 Å². The maximum Gasteiger partial charge on any atom is 0.162 e. The first-order valence-electron chi connectivity index (χ1n) is 5.46. The molecular formula is C12H13NO3S. The van der Waals surface area contributed by atoms with Gasteiger partial charge in [0.2, 0.25) is 0 Å². The third kappa shape index (κ3) is 2.42. The molecule has 4 nitrogen and oxygen atoms in total. The number of nitrogens with zero attached hydrogens (tertiary/aromatic N) is 1. The van der Waals surface area contributed by atoms with Crippen molar-refractivity contribution in [2.75, 3.05) is 13.2 Å². The number of fused-ring (bicyclic) bond motifs is 1. The molecule has 0 aliphatic carbocycles. The predicted molar refractivity (Wildman–Crippen MR) is 63.5 cm³/mol. The van der Waals surface area contributed by atoms with Crippen LogP contribution < -0.4 is 9.47 Å². The van der Waals surface area contributed by atoms with E-state index in [4.69, 9.17) is 14.7 Å². The van der Waals surface area contributed by atoms with Gasteiger partial charge in [-0.25, -0.2) is 0 Å². The molecule has 2 unspecified atom stereocenters. The minimum absolute atomic E-state index is 0.474. The van der Waals surface area contributed by atoms with E-state index < -0.39 is 16.0 Å². The fraction of sp³-hybridized carbons (Fsp3) is 0.417. The van der Waals surface area contributed by atoms with E-state index in [0.717, 1.165) is 0 Å². The van der Waals surface area contributed by atoms with E-state index in [2.05, 4.69) is 6.07 Å².